The highest BCUT2D eigenvalue weighted by Gasteiger charge is 2.10. The molecule has 0 unspecified atom stereocenters. The number of thiazole rings is 1. The lowest BCUT2D eigenvalue weighted by Gasteiger charge is -1.95. The molecule has 0 spiro atoms. The Kier molecular flexibility index (Phi) is 2.67. The SMILES string of the molecule is Nc1ncnc2sc(-c3cccc(I)c3)nc12. The first-order valence-electron chi connectivity index (χ1n) is 4.87. The van der Waals surface area contributed by atoms with Crippen LogP contribution < -0.4 is 5.73 Å². The predicted octanol–water partition coefficient (Wildman–Crippen LogP) is 2.94. The van der Waals surface area contributed by atoms with Gasteiger partial charge in [0.1, 0.15) is 21.7 Å². The lowest BCUT2D eigenvalue weighted by molar-refractivity contribution is 1.23. The molecule has 2 aromatic heterocycles. The van der Waals surface area contributed by atoms with E-state index >= 15 is 0 Å². The smallest absolute Gasteiger partial charge is 0.154 e. The van der Waals surface area contributed by atoms with Gasteiger partial charge in [0, 0.05) is 9.13 Å². The van der Waals surface area contributed by atoms with Gasteiger partial charge in [0.15, 0.2) is 5.82 Å². The summed E-state index contributed by atoms with van der Waals surface area (Å²) in [6.45, 7) is 0. The fourth-order valence-electron chi connectivity index (χ4n) is 1.52. The molecule has 0 saturated heterocycles. The zero-order valence-electron chi connectivity index (χ0n) is 8.59. The van der Waals surface area contributed by atoms with Crippen molar-refractivity contribution < 1.29 is 0 Å². The number of hydrogen-bond acceptors (Lipinski definition) is 5. The van der Waals surface area contributed by atoms with Crippen LogP contribution in [0.15, 0.2) is 30.6 Å². The number of nitrogens with two attached hydrogens (primary N) is 1. The van der Waals surface area contributed by atoms with Gasteiger partial charge in [-0.25, -0.2) is 15.0 Å². The van der Waals surface area contributed by atoms with Crippen LogP contribution in [-0.4, -0.2) is 15.0 Å². The third kappa shape index (κ3) is 1.98. The van der Waals surface area contributed by atoms with Gasteiger partial charge in [0.05, 0.1) is 0 Å². The second-order valence-electron chi connectivity index (χ2n) is 3.44. The van der Waals surface area contributed by atoms with Crippen molar-refractivity contribution >= 4 is 50.1 Å². The minimum absolute atomic E-state index is 0.433. The molecular weight excluding hydrogens is 347 g/mol. The number of aromatic nitrogens is 3. The normalized spacial score (nSPS) is 10.9. The molecule has 1 aromatic carbocycles. The second kappa shape index (κ2) is 4.19. The Balaban J connectivity index is 2.22. The van der Waals surface area contributed by atoms with Crippen molar-refractivity contribution in [3.05, 3.63) is 34.2 Å². The first kappa shape index (κ1) is 10.8. The number of fused-ring (bicyclic) bond motifs is 1. The first-order chi connectivity index (χ1) is 8.24. The lowest BCUT2D eigenvalue weighted by atomic mass is 10.2. The number of nitrogens with zero attached hydrogens (tertiary/aromatic N) is 3. The topological polar surface area (TPSA) is 64.7 Å². The third-order valence-corrected chi connectivity index (χ3v) is 3.98. The van der Waals surface area contributed by atoms with Crippen LogP contribution in [0.2, 0.25) is 0 Å². The van der Waals surface area contributed by atoms with E-state index in [0.29, 0.717) is 11.3 Å². The van der Waals surface area contributed by atoms with Gasteiger partial charge in [-0.15, -0.1) is 0 Å². The maximum atomic E-state index is 5.77. The van der Waals surface area contributed by atoms with Crippen LogP contribution in [0.1, 0.15) is 0 Å². The summed E-state index contributed by atoms with van der Waals surface area (Å²) in [5.74, 6) is 0.433. The Bertz CT molecular complexity index is 695. The molecule has 3 rings (SSSR count). The molecule has 0 amide bonds. The monoisotopic (exact) mass is 354 g/mol. The zero-order valence-corrected chi connectivity index (χ0v) is 11.6. The Morgan fingerprint density at radius 3 is 2.88 bits per heavy atom. The number of halogens is 1. The van der Waals surface area contributed by atoms with Crippen LogP contribution >= 0.6 is 33.9 Å². The van der Waals surface area contributed by atoms with Gasteiger partial charge in [0.2, 0.25) is 0 Å². The summed E-state index contributed by atoms with van der Waals surface area (Å²) in [4.78, 5) is 13.4. The van der Waals surface area contributed by atoms with Gasteiger partial charge in [-0.3, -0.25) is 0 Å². The van der Waals surface area contributed by atoms with Crippen molar-refractivity contribution in [3.63, 3.8) is 0 Å². The van der Waals surface area contributed by atoms with E-state index < -0.39 is 0 Å². The number of hydrogen-bond donors (Lipinski definition) is 1. The third-order valence-electron chi connectivity index (χ3n) is 2.30. The molecule has 0 saturated carbocycles. The standard InChI is InChI=1S/C11H7IN4S/c12-7-3-1-2-6(4-7)10-16-8-9(13)14-5-15-11(8)17-10/h1-5H,(H2,13,14,15). The molecule has 4 nitrogen and oxygen atoms in total. The summed E-state index contributed by atoms with van der Waals surface area (Å²) in [5, 5.41) is 0.922. The Morgan fingerprint density at radius 2 is 2.12 bits per heavy atom. The predicted molar refractivity (Wildman–Crippen MR) is 77.8 cm³/mol. The molecule has 2 N–H and O–H groups in total. The fraction of sp³-hybridized carbons (Fsp3) is 0. The molecule has 84 valence electrons. The molecule has 0 radical (unpaired) electrons. The van der Waals surface area contributed by atoms with Gasteiger partial charge in [-0.05, 0) is 34.7 Å². The second-order valence-corrected chi connectivity index (χ2v) is 5.67. The van der Waals surface area contributed by atoms with Gasteiger partial charge in [-0.2, -0.15) is 0 Å². The van der Waals surface area contributed by atoms with E-state index in [9.17, 15) is 0 Å². The van der Waals surface area contributed by atoms with Gasteiger partial charge >= 0.3 is 0 Å². The highest BCUT2D eigenvalue weighted by Crippen LogP contribution is 2.30. The number of anilines is 1. The van der Waals surface area contributed by atoms with E-state index in [0.717, 1.165) is 15.4 Å². The zero-order chi connectivity index (χ0) is 11.8. The van der Waals surface area contributed by atoms with Gasteiger partial charge in [-0.1, -0.05) is 23.5 Å². The highest BCUT2D eigenvalue weighted by atomic mass is 127. The largest absolute Gasteiger partial charge is 0.382 e. The molecular formula is C11H7IN4S. The van der Waals surface area contributed by atoms with E-state index in [2.05, 4.69) is 43.6 Å². The molecule has 2 heterocycles. The summed E-state index contributed by atoms with van der Waals surface area (Å²) in [5.41, 5.74) is 7.54. The summed E-state index contributed by atoms with van der Waals surface area (Å²) < 4.78 is 1.18. The van der Waals surface area contributed by atoms with Crippen molar-refractivity contribution in [2.45, 2.75) is 0 Å². The van der Waals surface area contributed by atoms with E-state index in [-0.39, 0.29) is 0 Å². The summed E-state index contributed by atoms with van der Waals surface area (Å²) in [6, 6.07) is 8.18. The van der Waals surface area contributed by atoms with Crippen LogP contribution in [-0.2, 0) is 0 Å². The average Bonchev–Trinajstić information content (AvgIpc) is 2.74. The molecule has 0 bridgehead atoms. The average molecular weight is 354 g/mol. The van der Waals surface area contributed by atoms with Crippen molar-refractivity contribution in [2.24, 2.45) is 0 Å². The molecule has 0 aliphatic rings. The van der Waals surface area contributed by atoms with Gasteiger partial charge in [0.25, 0.3) is 0 Å². The Hall–Kier alpha value is -1.28. The molecule has 3 aromatic rings. The van der Waals surface area contributed by atoms with Crippen LogP contribution in [0.4, 0.5) is 5.82 Å². The molecule has 0 atom stereocenters. The lowest BCUT2D eigenvalue weighted by Crippen LogP contribution is -1.91. The van der Waals surface area contributed by atoms with E-state index in [1.165, 1.54) is 21.2 Å². The minimum Gasteiger partial charge on any atom is -0.382 e. The highest BCUT2D eigenvalue weighted by molar-refractivity contribution is 14.1. The molecule has 6 heteroatoms. The van der Waals surface area contributed by atoms with Crippen LogP contribution in [0.25, 0.3) is 20.9 Å². The number of benzene rings is 1. The van der Waals surface area contributed by atoms with E-state index in [4.69, 9.17) is 5.73 Å². The summed E-state index contributed by atoms with van der Waals surface area (Å²) in [6.07, 6.45) is 1.47. The van der Waals surface area contributed by atoms with Crippen molar-refractivity contribution in [2.75, 3.05) is 5.73 Å². The Morgan fingerprint density at radius 1 is 1.24 bits per heavy atom. The first-order valence-corrected chi connectivity index (χ1v) is 6.76. The molecule has 0 aliphatic carbocycles. The van der Waals surface area contributed by atoms with E-state index in [1.807, 2.05) is 18.2 Å². The van der Waals surface area contributed by atoms with Crippen molar-refractivity contribution in [1.29, 1.82) is 0 Å². The quantitative estimate of drug-likeness (QED) is 0.683. The van der Waals surface area contributed by atoms with Crippen molar-refractivity contribution in [1.82, 2.24) is 15.0 Å². The Labute approximate surface area is 115 Å². The molecule has 0 fully saturated rings. The minimum atomic E-state index is 0.433. The summed E-state index contributed by atoms with van der Waals surface area (Å²) >= 11 is 3.81. The maximum Gasteiger partial charge on any atom is 0.154 e. The number of rotatable bonds is 1. The fourth-order valence-corrected chi connectivity index (χ4v) is 2.97. The van der Waals surface area contributed by atoms with E-state index in [1.54, 1.807) is 0 Å². The maximum absolute atomic E-state index is 5.77. The summed E-state index contributed by atoms with van der Waals surface area (Å²) in [7, 11) is 0. The molecule has 0 aliphatic heterocycles. The number of nitrogen functional groups attached to an aromatic ring is 1. The molecule has 17 heavy (non-hydrogen) atoms. The van der Waals surface area contributed by atoms with Crippen molar-refractivity contribution in [3.8, 4) is 10.6 Å². The van der Waals surface area contributed by atoms with Crippen LogP contribution in [0, 0.1) is 3.57 Å². The van der Waals surface area contributed by atoms with Crippen LogP contribution in [0.3, 0.4) is 0 Å². The van der Waals surface area contributed by atoms with Gasteiger partial charge < -0.3 is 5.73 Å². The van der Waals surface area contributed by atoms with Crippen LogP contribution in [0.5, 0.6) is 0 Å².